The van der Waals surface area contributed by atoms with Crippen LogP contribution in [0.25, 0.3) is 5.69 Å². The van der Waals surface area contributed by atoms with Gasteiger partial charge in [-0.1, -0.05) is 31.0 Å². The molecule has 0 bridgehead atoms. The summed E-state index contributed by atoms with van der Waals surface area (Å²) in [5.74, 6) is 1.85. The van der Waals surface area contributed by atoms with Gasteiger partial charge >= 0.3 is 6.18 Å². The summed E-state index contributed by atoms with van der Waals surface area (Å²) >= 11 is 1.48. The van der Waals surface area contributed by atoms with Gasteiger partial charge in [0.05, 0.1) is 17.0 Å². The van der Waals surface area contributed by atoms with Gasteiger partial charge in [0.2, 0.25) is 0 Å². The van der Waals surface area contributed by atoms with Crippen LogP contribution in [-0.2, 0) is 11.9 Å². The minimum absolute atomic E-state index is 0.409. The average Bonchev–Trinajstić information content (AvgIpc) is 3.33. The van der Waals surface area contributed by atoms with Crippen LogP contribution in [-0.4, -0.2) is 35.0 Å². The maximum Gasteiger partial charge on any atom is 0.416 e. The molecule has 0 spiro atoms. The zero-order valence-electron chi connectivity index (χ0n) is 15.8. The Morgan fingerprint density at radius 3 is 2.45 bits per heavy atom. The van der Waals surface area contributed by atoms with Crippen molar-refractivity contribution in [1.82, 2.24) is 35.0 Å². The molecule has 1 aliphatic rings. The van der Waals surface area contributed by atoms with Crippen LogP contribution in [0.4, 0.5) is 13.2 Å². The van der Waals surface area contributed by atoms with Gasteiger partial charge in [0.1, 0.15) is 5.82 Å². The molecular weight excluding hydrogens is 403 g/mol. The van der Waals surface area contributed by atoms with Crippen molar-refractivity contribution in [2.45, 2.75) is 62.2 Å². The Bertz CT molecular complexity index is 959. The Hall–Kier alpha value is -2.43. The molecule has 3 aromatic rings. The summed E-state index contributed by atoms with van der Waals surface area (Å²) in [4.78, 5) is 0. The second kappa shape index (κ2) is 8.13. The number of nitrogens with zero attached hydrogens (tertiary/aromatic N) is 7. The van der Waals surface area contributed by atoms with Crippen LogP contribution >= 0.6 is 11.8 Å². The molecule has 1 aromatic carbocycles. The van der Waals surface area contributed by atoms with Crippen molar-refractivity contribution in [2.24, 2.45) is 0 Å². The van der Waals surface area contributed by atoms with Gasteiger partial charge < -0.3 is 4.57 Å². The normalized spacial score (nSPS) is 15.7. The van der Waals surface area contributed by atoms with Crippen LogP contribution < -0.4 is 0 Å². The zero-order valence-corrected chi connectivity index (χ0v) is 16.6. The number of aryl methyl sites for hydroxylation is 1. The maximum absolute atomic E-state index is 12.8. The van der Waals surface area contributed by atoms with Crippen molar-refractivity contribution in [2.75, 3.05) is 0 Å². The highest BCUT2D eigenvalue weighted by molar-refractivity contribution is 7.98. The lowest BCUT2D eigenvalue weighted by molar-refractivity contribution is -0.137. The summed E-state index contributed by atoms with van der Waals surface area (Å²) < 4.78 is 42.0. The Labute approximate surface area is 169 Å². The lowest BCUT2D eigenvalue weighted by Gasteiger charge is -2.24. The Morgan fingerprint density at radius 1 is 1.03 bits per heavy atom. The van der Waals surface area contributed by atoms with Gasteiger partial charge in [-0.05, 0) is 54.5 Å². The molecule has 11 heteroatoms. The highest BCUT2D eigenvalue weighted by Gasteiger charge is 2.30. The molecule has 29 heavy (non-hydrogen) atoms. The summed E-state index contributed by atoms with van der Waals surface area (Å²) in [6, 6.07) is 5.19. The van der Waals surface area contributed by atoms with Crippen molar-refractivity contribution >= 4 is 11.8 Å². The number of hydrogen-bond acceptors (Lipinski definition) is 6. The molecule has 1 fully saturated rings. The molecule has 0 atom stereocenters. The zero-order chi connectivity index (χ0) is 20.4. The van der Waals surface area contributed by atoms with Crippen molar-refractivity contribution in [3.63, 3.8) is 0 Å². The molecule has 0 radical (unpaired) electrons. The molecule has 1 saturated carbocycles. The van der Waals surface area contributed by atoms with Crippen LogP contribution in [0.1, 0.15) is 55.4 Å². The molecule has 1 aliphatic carbocycles. The third-order valence-electron chi connectivity index (χ3n) is 5.08. The minimum Gasteiger partial charge on any atom is -0.303 e. The first-order valence-corrected chi connectivity index (χ1v) is 10.4. The van der Waals surface area contributed by atoms with Gasteiger partial charge in [0, 0.05) is 6.04 Å². The van der Waals surface area contributed by atoms with Gasteiger partial charge in [-0.15, -0.1) is 15.3 Å². The van der Waals surface area contributed by atoms with Crippen molar-refractivity contribution in [3.8, 4) is 5.69 Å². The van der Waals surface area contributed by atoms with Gasteiger partial charge in [0.25, 0.3) is 0 Å². The van der Waals surface area contributed by atoms with E-state index in [0.717, 1.165) is 36.0 Å². The second-order valence-electron chi connectivity index (χ2n) is 7.03. The third-order valence-corrected chi connectivity index (χ3v) is 6.02. The Balaban J connectivity index is 1.51. The van der Waals surface area contributed by atoms with E-state index in [9.17, 15) is 13.2 Å². The minimum atomic E-state index is -4.38. The van der Waals surface area contributed by atoms with Gasteiger partial charge in [-0.3, -0.25) is 0 Å². The molecule has 7 nitrogen and oxygen atoms in total. The van der Waals surface area contributed by atoms with E-state index in [1.165, 1.54) is 47.8 Å². The number of aromatic nitrogens is 7. The van der Waals surface area contributed by atoms with Crippen molar-refractivity contribution in [3.05, 3.63) is 41.5 Å². The van der Waals surface area contributed by atoms with E-state index in [-0.39, 0.29) is 0 Å². The van der Waals surface area contributed by atoms with Gasteiger partial charge in [0.15, 0.2) is 11.0 Å². The quantitative estimate of drug-likeness (QED) is 0.567. The number of alkyl halides is 3. The Morgan fingerprint density at radius 2 is 1.76 bits per heavy atom. The number of hydrogen-bond donors (Lipinski definition) is 0. The lowest BCUT2D eigenvalue weighted by atomic mass is 9.95. The molecular formula is C18H20F3N7S. The molecule has 0 aliphatic heterocycles. The van der Waals surface area contributed by atoms with E-state index in [0.29, 0.717) is 23.3 Å². The highest BCUT2D eigenvalue weighted by Crippen LogP contribution is 2.33. The van der Waals surface area contributed by atoms with Gasteiger partial charge in [-0.25, -0.2) is 0 Å². The standard InChI is InChI=1S/C18H20F3N7S/c1-12-22-24-17(27(12)14-5-3-2-4-6-14)29-11-16-23-25-26-28(16)15-9-7-13(8-10-15)18(19,20)21/h7-10,14H,2-6,11H2,1H3. The number of tetrazole rings is 1. The van der Waals surface area contributed by atoms with E-state index in [2.05, 4.69) is 30.3 Å². The first-order chi connectivity index (χ1) is 13.9. The van der Waals surface area contributed by atoms with Crippen LogP contribution in [0, 0.1) is 6.92 Å². The molecule has 0 N–H and O–H groups in total. The number of benzene rings is 1. The van der Waals surface area contributed by atoms with Crippen molar-refractivity contribution in [1.29, 1.82) is 0 Å². The van der Waals surface area contributed by atoms with E-state index in [1.54, 1.807) is 0 Å². The van der Waals surface area contributed by atoms with Crippen LogP contribution in [0.2, 0.25) is 0 Å². The maximum atomic E-state index is 12.8. The SMILES string of the molecule is Cc1nnc(SCc2nnnn2-c2ccc(C(F)(F)F)cc2)n1C1CCCCC1. The first-order valence-electron chi connectivity index (χ1n) is 9.42. The smallest absolute Gasteiger partial charge is 0.303 e. The lowest BCUT2D eigenvalue weighted by Crippen LogP contribution is -2.15. The molecule has 2 aromatic heterocycles. The van der Waals surface area contributed by atoms with E-state index in [4.69, 9.17) is 0 Å². The molecule has 2 heterocycles. The largest absolute Gasteiger partial charge is 0.416 e. The predicted octanol–water partition coefficient (Wildman–Crippen LogP) is 4.38. The summed E-state index contributed by atoms with van der Waals surface area (Å²) in [6.45, 7) is 1.96. The van der Waals surface area contributed by atoms with Crippen molar-refractivity contribution < 1.29 is 13.2 Å². The molecule has 0 saturated heterocycles. The van der Waals surface area contributed by atoms with Crippen LogP contribution in [0.15, 0.2) is 29.4 Å². The van der Waals surface area contributed by atoms with Gasteiger partial charge in [-0.2, -0.15) is 17.9 Å². The third kappa shape index (κ3) is 4.29. The summed E-state index contributed by atoms with van der Waals surface area (Å²) in [5.41, 5.74) is -0.232. The fourth-order valence-electron chi connectivity index (χ4n) is 3.62. The number of halogens is 3. The highest BCUT2D eigenvalue weighted by atomic mass is 32.2. The number of thioether (sulfide) groups is 1. The monoisotopic (exact) mass is 423 g/mol. The predicted molar refractivity (Wildman–Crippen MR) is 101 cm³/mol. The first kappa shape index (κ1) is 19.9. The molecule has 4 rings (SSSR count). The molecule has 0 unspecified atom stereocenters. The van der Waals surface area contributed by atoms with E-state index < -0.39 is 11.7 Å². The van der Waals surface area contributed by atoms with Crippen LogP contribution in [0.3, 0.4) is 0 Å². The average molecular weight is 423 g/mol. The fourth-order valence-corrected chi connectivity index (χ4v) is 4.58. The summed E-state index contributed by atoms with van der Waals surface area (Å²) in [6.07, 6.45) is 1.55. The second-order valence-corrected chi connectivity index (χ2v) is 7.97. The fraction of sp³-hybridized carbons (Fsp3) is 0.500. The summed E-state index contributed by atoms with van der Waals surface area (Å²) in [7, 11) is 0. The van der Waals surface area contributed by atoms with E-state index in [1.807, 2.05) is 6.92 Å². The summed E-state index contributed by atoms with van der Waals surface area (Å²) in [5, 5.41) is 21.0. The molecule has 154 valence electrons. The molecule has 0 amide bonds. The Kier molecular flexibility index (Phi) is 5.57. The van der Waals surface area contributed by atoms with E-state index >= 15 is 0 Å². The number of rotatable bonds is 5. The van der Waals surface area contributed by atoms with Crippen LogP contribution in [0.5, 0.6) is 0 Å². The topological polar surface area (TPSA) is 74.3 Å².